The second kappa shape index (κ2) is 8.23. The molecule has 1 aromatic carbocycles. The van der Waals surface area contributed by atoms with E-state index in [1.165, 1.54) is 17.5 Å². The molecule has 0 fully saturated rings. The average molecular weight is 236 g/mol. The van der Waals surface area contributed by atoms with Crippen LogP contribution < -0.4 is 11.3 Å². The molecule has 1 atom stereocenters. The van der Waals surface area contributed by atoms with E-state index < -0.39 is 0 Å². The summed E-state index contributed by atoms with van der Waals surface area (Å²) in [5.74, 6) is 5.62. The van der Waals surface area contributed by atoms with E-state index >= 15 is 0 Å². The number of hydrazine groups is 1. The monoisotopic (exact) mass is 236 g/mol. The summed E-state index contributed by atoms with van der Waals surface area (Å²) < 4.78 is 5.07. The maximum Gasteiger partial charge on any atom is 0.0462 e. The van der Waals surface area contributed by atoms with Crippen molar-refractivity contribution in [3.05, 3.63) is 35.4 Å². The van der Waals surface area contributed by atoms with Crippen LogP contribution in [0, 0.1) is 0 Å². The van der Waals surface area contributed by atoms with Crippen molar-refractivity contribution in [2.45, 2.75) is 38.6 Å². The molecular weight excluding hydrogens is 212 g/mol. The number of methoxy groups -OCH3 is 1. The van der Waals surface area contributed by atoms with Crippen molar-refractivity contribution < 1.29 is 4.74 Å². The molecule has 0 aromatic heterocycles. The van der Waals surface area contributed by atoms with Gasteiger partial charge in [0, 0.05) is 19.8 Å². The van der Waals surface area contributed by atoms with Gasteiger partial charge < -0.3 is 4.74 Å². The highest BCUT2D eigenvalue weighted by molar-refractivity contribution is 5.26. The van der Waals surface area contributed by atoms with E-state index in [0.717, 1.165) is 25.9 Å². The Bertz CT molecular complexity index is 315. The Balaban J connectivity index is 2.63. The summed E-state index contributed by atoms with van der Waals surface area (Å²) in [5, 5.41) is 0. The molecule has 1 rings (SSSR count). The SMILES string of the molecule is CCCc1cccc(C(CCCOC)NN)c1. The van der Waals surface area contributed by atoms with Gasteiger partial charge in [0.15, 0.2) is 0 Å². The summed E-state index contributed by atoms with van der Waals surface area (Å²) >= 11 is 0. The lowest BCUT2D eigenvalue weighted by molar-refractivity contribution is 0.189. The van der Waals surface area contributed by atoms with Gasteiger partial charge in [-0.2, -0.15) is 0 Å². The Labute approximate surface area is 104 Å². The van der Waals surface area contributed by atoms with Gasteiger partial charge in [0.2, 0.25) is 0 Å². The second-order valence-electron chi connectivity index (χ2n) is 4.35. The van der Waals surface area contributed by atoms with Crippen molar-refractivity contribution >= 4 is 0 Å². The minimum Gasteiger partial charge on any atom is -0.385 e. The van der Waals surface area contributed by atoms with Gasteiger partial charge in [0.1, 0.15) is 0 Å². The van der Waals surface area contributed by atoms with Crippen LogP contribution in [-0.2, 0) is 11.2 Å². The Kier molecular flexibility index (Phi) is 6.86. The zero-order chi connectivity index (χ0) is 12.5. The van der Waals surface area contributed by atoms with Gasteiger partial charge in [-0.3, -0.25) is 11.3 Å². The molecular formula is C14H24N2O. The van der Waals surface area contributed by atoms with Gasteiger partial charge in [-0.15, -0.1) is 0 Å². The number of rotatable bonds is 8. The van der Waals surface area contributed by atoms with Crippen molar-refractivity contribution in [3.8, 4) is 0 Å². The van der Waals surface area contributed by atoms with Crippen LogP contribution in [0.2, 0.25) is 0 Å². The topological polar surface area (TPSA) is 47.3 Å². The molecule has 0 saturated heterocycles. The first-order chi connectivity index (χ1) is 8.31. The van der Waals surface area contributed by atoms with Crippen LogP contribution in [0.5, 0.6) is 0 Å². The zero-order valence-corrected chi connectivity index (χ0v) is 10.9. The summed E-state index contributed by atoms with van der Waals surface area (Å²) in [4.78, 5) is 0. The molecule has 0 bridgehead atoms. The Morgan fingerprint density at radius 2 is 2.24 bits per heavy atom. The molecule has 0 amide bonds. The van der Waals surface area contributed by atoms with Gasteiger partial charge >= 0.3 is 0 Å². The van der Waals surface area contributed by atoms with Crippen LogP contribution in [0.15, 0.2) is 24.3 Å². The number of nitrogens with one attached hydrogen (secondary N) is 1. The van der Waals surface area contributed by atoms with Crippen LogP contribution in [0.25, 0.3) is 0 Å². The standard InChI is InChI=1S/C14H24N2O/c1-3-6-12-7-4-8-13(11-12)14(16-15)9-5-10-17-2/h4,7-8,11,14,16H,3,5-6,9-10,15H2,1-2H3. The lowest BCUT2D eigenvalue weighted by atomic mass is 9.99. The minimum absolute atomic E-state index is 0.224. The van der Waals surface area contributed by atoms with Crippen LogP contribution in [0.4, 0.5) is 0 Å². The Hall–Kier alpha value is -0.900. The number of nitrogens with two attached hydrogens (primary N) is 1. The van der Waals surface area contributed by atoms with Crippen molar-refractivity contribution in [1.82, 2.24) is 5.43 Å². The van der Waals surface area contributed by atoms with Gasteiger partial charge in [-0.1, -0.05) is 37.6 Å². The maximum absolute atomic E-state index is 5.62. The normalized spacial score (nSPS) is 12.6. The fraction of sp³-hybridized carbons (Fsp3) is 0.571. The summed E-state index contributed by atoms with van der Waals surface area (Å²) in [6.07, 6.45) is 4.32. The molecule has 0 aliphatic rings. The predicted molar refractivity (Wildman–Crippen MR) is 71.6 cm³/mol. The molecule has 0 saturated carbocycles. The first kappa shape index (κ1) is 14.2. The molecule has 0 aliphatic carbocycles. The molecule has 1 unspecified atom stereocenters. The van der Waals surface area contributed by atoms with Crippen molar-refractivity contribution in [3.63, 3.8) is 0 Å². The smallest absolute Gasteiger partial charge is 0.0462 e. The van der Waals surface area contributed by atoms with E-state index in [1.54, 1.807) is 7.11 Å². The van der Waals surface area contributed by atoms with Crippen molar-refractivity contribution in [2.24, 2.45) is 5.84 Å². The molecule has 96 valence electrons. The molecule has 0 aliphatic heterocycles. The average Bonchev–Trinajstić information content (AvgIpc) is 2.35. The first-order valence-corrected chi connectivity index (χ1v) is 6.35. The van der Waals surface area contributed by atoms with E-state index in [0.29, 0.717) is 0 Å². The molecule has 3 N–H and O–H groups in total. The third-order valence-corrected chi connectivity index (χ3v) is 2.93. The molecule has 3 heteroatoms. The van der Waals surface area contributed by atoms with Crippen molar-refractivity contribution in [2.75, 3.05) is 13.7 Å². The summed E-state index contributed by atoms with van der Waals surface area (Å²) in [6.45, 7) is 2.98. The fourth-order valence-corrected chi connectivity index (χ4v) is 2.03. The van der Waals surface area contributed by atoms with Gasteiger partial charge in [0.25, 0.3) is 0 Å². The molecule has 17 heavy (non-hydrogen) atoms. The lowest BCUT2D eigenvalue weighted by Gasteiger charge is -2.17. The number of benzene rings is 1. The fourth-order valence-electron chi connectivity index (χ4n) is 2.03. The Morgan fingerprint density at radius 3 is 2.88 bits per heavy atom. The van der Waals surface area contributed by atoms with E-state index in [1.807, 2.05) is 0 Å². The predicted octanol–water partition coefficient (Wildman–Crippen LogP) is 2.57. The highest BCUT2D eigenvalue weighted by Gasteiger charge is 2.09. The van der Waals surface area contributed by atoms with Gasteiger partial charge in [-0.25, -0.2) is 0 Å². The van der Waals surface area contributed by atoms with Crippen LogP contribution in [-0.4, -0.2) is 13.7 Å². The number of hydrogen-bond donors (Lipinski definition) is 2. The summed E-state index contributed by atoms with van der Waals surface area (Å²) in [5.41, 5.74) is 5.55. The Morgan fingerprint density at radius 1 is 1.41 bits per heavy atom. The highest BCUT2D eigenvalue weighted by atomic mass is 16.5. The van der Waals surface area contributed by atoms with E-state index in [9.17, 15) is 0 Å². The van der Waals surface area contributed by atoms with Gasteiger partial charge in [-0.05, 0) is 30.4 Å². The number of ether oxygens (including phenoxy) is 1. The molecule has 3 nitrogen and oxygen atoms in total. The molecule has 0 spiro atoms. The zero-order valence-electron chi connectivity index (χ0n) is 10.9. The van der Waals surface area contributed by atoms with Crippen LogP contribution >= 0.6 is 0 Å². The van der Waals surface area contributed by atoms with Crippen LogP contribution in [0.1, 0.15) is 43.4 Å². The largest absolute Gasteiger partial charge is 0.385 e. The minimum atomic E-state index is 0.224. The molecule has 0 radical (unpaired) electrons. The molecule has 1 aromatic rings. The van der Waals surface area contributed by atoms with Crippen LogP contribution in [0.3, 0.4) is 0 Å². The van der Waals surface area contributed by atoms with E-state index in [2.05, 4.69) is 36.6 Å². The van der Waals surface area contributed by atoms with Gasteiger partial charge in [0.05, 0.1) is 0 Å². The van der Waals surface area contributed by atoms with E-state index in [-0.39, 0.29) is 6.04 Å². The molecule has 0 heterocycles. The van der Waals surface area contributed by atoms with E-state index in [4.69, 9.17) is 10.6 Å². The lowest BCUT2D eigenvalue weighted by Crippen LogP contribution is -2.28. The van der Waals surface area contributed by atoms with Crippen molar-refractivity contribution in [1.29, 1.82) is 0 Å². The second-order valence-corrected chi connectivity index (χ2v) is 4.35. The maximum atomic E-state index is 5.62. The quantitative estimate of drug-likeness (QED) is 0.414. The highest BCUT2D eigenvalue weighted by Crippen LogP contribution is 2.19. The third-order valence-electron chi connectivity index (χ3n) is 2.93. The summed E-state index contributed by atoms with van der Waals surface area (Å²) in [6, 6.07) is 8.90. The summed E-state index contributed by atoms with van der Waals surface area (Å²) in [7, 11) is 1.73. The third kappa shape index (κ3) is 4.86. The number of aryl methyl sites for hydroxylation is 1. The number of hydrogen-bond acceptors (Lipinski definition) is 3. The first-order valence-electron chi connectivity index (χ1n) is 6.35.